The van der Waals surface area contributed by atoms with Gasteiger partial charge in [0.25, 0.3) is 0 Å². The maximum absolute atomic E-state index is 10.2. The lowest BCUT2D eigenvalue weighted by molar-refractivity contribution is 0.137. The quantitative estimate of drug-likeness (QED) is 0.744. The van der Waals surface area contributed by atoms with Gasteiger partial charge in [-0.15, -0.1) is 11.8 Å². The molecule has 2 unspecified atom stereocenters. The van der Waals surface area contributed by atoms with E-state index < -0.39 is 6.10 Å². The van der Waals surface area contributed by atoms with Crippen LogP contribution in [0.1, 0.15) is 25.0 Å². The van der Waals surface area contributed by atoms with Gasteiger partial charge in [0, 0.05) is 10.9 Å². The Balaban J connectivity index is 2.57. The van der Waals surface area contributed by atoms with E-state index in [2.05, 4.69) is 11.8 Å². The summed E-state index contributed by atoms with van der Waals surface area (Å²) in [5.41, 5.74) is 6.92. The van der Waals surface area contributed by atoms with Crippen LogP contribution in [0.2, 0.25) is 0 Å². The van der Waals surface area contributed by atoms with E-state index in [-0.39, 0.29) is 6.04 Å². The largest absolute Gasteiger partial charge is 0.387 e. The van der Waals surface area contributed by atoms with E-state index in [1.54, 1.807) is 11.8 Å². The van der Waals surface area contributed by atoms with E-state index in [9.17, 15) is 5.11 Å². The molecule has 102 valence electrons. The topological polar surface area (TPSA) is 49.5 Å². The predicted molar refractivity (Wildman–Crippen MR) is 78.9 cm³/mol. The van der Waals surface area contributed by atoms with Gasteiger partial charge >= 0.3 is 0 Å². The van der Waals surface area contributed by atoms with Gasteiger partial charge in [0.2, 0.25) is 0 Å². The normalized spacial score (nSPS) is 14.8. The molecule has 0 saturated heterocycles. The van der Waals surface area contributed by atoms with Crippen LogP contribution in [0.25, 0.3) is 0 Å². The molecule has 1 aromatic carbocycles. The lowest BCUT2D eigenvalue weighted by Gasteiger charge is -2.21. The zero-order valence-corrected chi connectivity index (χ0v) is 12.3. The molecule has 0 aromatic heterocycles. The molecule has 0 aliphatic carbocycles. The maximum atomic E-state index is 10.2. The Hall–Kier alpha value is -0.550. The smallest absolute Gasteiger partial charge is 0.0941 e. The monoisotopic (exact) mass is 268 g/mol. The van der Waals surface area contributed by atoms with E-state index in [4.69, 9.17) is 5.73 Å². The van der Waals surface area contributed by atoms with E-state index in [1.807, 2.05) is 38.4 Å². The van der Waals surface area contributed by atoms with Crippen molar-refractivity contribution in [2.45, 2.75) is 30.4 Å². The molecular formula is C14H24N2OS. The standard InChI is InChI=1S/C14H24N2OS/c1-4-18-12-7-5-11(6-8-12)14(17)13(15)9-10-16(2)3/h5-8,13-14,17H,4,9-10,15H2,1-3H3. The molecular weight excluding hydrogens is 244 g/mol. The second-order valence-electron chi connectivity index (χ2n) is 4.70. The van der Waals surface area contributed by atoms with Crippen molar-refractivity contribution in [2.24, 2.45) is 5.73 Å². The predicted octanol–water partition coefficient (Wildman–Crippen LogP) is 2.11. The fourth-order valence-corrected chi connectivity index (χ4v) is 2.40. The first-order valence-electron chi connectivity index (χ1n) is 6.35. The van der Waals surface area contributed by atoms with Gasteiger partial charge in [-0.05, 0) is 50.5 Å². The van der Waals surface area contributed by atoms with Crippen molar-refractivity contribution in [2.75, 3.05) is 26.4 Å². The molecule has 0 radical (unpaired) electrons. The Kier molecular flexibility index (Phi) is 6.71. The Labute approximate surface area is 114 Å². The third kappa shape index (κ3) is 4.98. The van der Waals surface area contributed by atoms with Crippen LogP contribution in [-0.4, -0.2) is 42.4 Å². The number of aliphatic hydroxyl groups is 1. The van der Waals surface area contributed by atoms with E-state index in [1.165, 1.54) is 4.90 Å². The van der Waals surface area contributed by atoms with Crippen LogP contribution in [0.5, 0.6) is 0 Å². The van der Waals surface area contributed by atoms with Crippen molar-refractivity contribution in [1.82, 2.24) is 4.90 Å². The number of hydrogen-bond acceptors (Lipinski definition) is 4. The number of nitrogens with two attached hydrogens (primary N) is 1. The molecule has 4 heteroatoms. The highest BCUT2D eigenvalue weighted by Gasteiger charge is 2.16. The number of benzene rings is 1. The average Bonchev–Trinajstić information content (AvgIpc) is 2.36. The first kappa shape index (κ1) is 15.5. The molecule has 3 N–H and O–H groups in total. The van der Waals surface area contributed by atoms with Gasteiger partial charge in [0.15, 0.2) is 0 Å². The van der Waals surface area contributed by atoms with Crippen LogP contribution in [0.3, 0.4) is 0 Å². The molecule has 2 atom stereocenters. The molecule has 0 spiro atoms. The lowest BCUT2D eigenvalue weighted by atomic mass is 10.0. The summed E-state index contributed by atoms with van der Waals surface area (Å²) < 4.78 is 0. The van der Waals surface area contributed by atoms with Crippen molar-refractivity contribution < 1.29 is 5.11 Å². The van der Waals surface area contributed by atoms with Crippen LogP contribution in [0.15, 0.2) is 29.2 Å². The number of hydrogen-bond donors (Lipinski definition) is 2. The van der Waals surface area contributed by atoms with Gasteiger partial charge in [0.1, 0.15) is 0 Å². The zero-order chi connectivity index (χ0) is 13.5. The van der Waals surface area contributed by atoms with Crippen molar-refractivity contribution in [3.63, 3.8) is 0 Å². The third-order valence-electron chi connectivity index (χ3n) is 2.85. The summed E-state index contributed by atoms with van der Waals surface area (Å²) in [6, 6.07) is 7.82. The van der Waals surface area contributed by atoms with Gasteiger partial charge in [-0.1, -0.05) is 19.1 Å². The summed E-state index contributed by atoms with van der Waals surface area (Å²) >= 11 is 1.80. The summed E-state index contributed by atoms with van der Waals surface area (Å²) in [4.78, 5) is 3.31. The van der Waals surface area contributed by atoms with Crippen molar-refractivity contribution in [3.05, 3.63) is 29.8 Å². The highest BCUT2D eigenvalue weighted by atomic mass is 32.2. The fraction of sp³-hybridized carbons (Fsp3) is 0.571. The van der Waals surface area contributed by atoms with E-state index in [0.29, 0.717) is 0 Å². The minimum Gasteiger partial charge on any atom is -0.387 e. The van der Waals surface area contributed by atoms with Gasteiger partial charge in [-0.2, -0.15) is 0 Å². The van der Waals surface area contributed by atoms with Crippen LogP contribution in [-0.2, 0) is 0 Å². The summed E-state index contributed by atoms with van der Waals surface area (Å²) in [5.74, 6) is 1.06. The number of rotatable bonds is 7. The molecule has 0 aliphatic rings. The molecule has 3 nitrogen and oxygen atoms in total. The molecule has 1 aromatic rings. The Morgan fingerprint density at radius 3 is 2.39 bits per heavy atom. The Morgan fingerprint density at radius 2 is 1.89 bits per heavy atom. The maximum Gasteiger partial charge on any atom is 0.0941 e. The summed E-state index contributed by atoms with van der Waals surface area (Å²) in [7, 11) is 4.02. The zero-order valence-electron chi connectivity index (χ0n) is 11.5. The first-order valence-corrected chi connectivity index (χ1v) is 7.34. The Morgan fingerprint density at radius 1 is 1.28 bits per heavy atom. The molecule has 18 heavy (non-hydrogen) atoms. The van der Waals surface area contributed by atoms with Gasteiger partial charge in [-0.3, -0.25) is 0 Å². The average molecular weight is 268 g/mol. The molecule has 0 fully saturated rings. The van der Waals surface area contributed by atoms with Crippen LogP contribution in [0, 0.1) is 0 Å². The third-order valence-corrected chi connectivity index (χ3v) is 3.74. The van der Waals surface area contributed by atoms with Crippen molar-refractivity contribution in [1.29, 1.82) is 0 Å². The molecule has 0 heterocycles. The highest BCUT2D eigenvalue weighted by Crippen LogP contribution is 2.22. The SMILES string of the molecule is CCSc1ccc(C(O)C(N)CCN(C)C)cc1. The molecule has 0 aliphatic heterocycles. The molecule has 0 bridgehead atoms. The highest BCUT2D eigenvalue weighted by molar-refractivity contribution is 7.99. The van der Waals surface area contributed by atoms with Gasteiger partial charge in [-0.25, -0.2) is 0 Å². The summed E-state index contributed by atoms with van der Waals surface area (Å²) in [6.07, 6.45) is 0.213. The van der Waals surface area contributed by atoms with Gasteiger partial charge in [0.05, 0.1) is 6.10 Å². The van der Waals surface area contributed by atoms with Gasteiger partial charge < -0.3 is 15.7 Å². The fourth-order valence-electron chi connectivity index (χ4n) is 1.74. The van der Waals surface area contributed by atoms with Crippen molar-refractivity contribution in [3.8, 4) is 0 Å². The minimum atomic E-state index is -0.578. The first-order chi connectivity index (χ1) is 8.54. The number of aliphatic hydroxyl groups excluding tert-OH is 1. The summed E-state index contributed by atoms with van der Waals surface area (Å²) in [6.45, 7) is 3.02. The van der Waals surface area contributed by atoms with Crippen LogP contribution in [0.4, 0.5) is 0 Å². The van der Waals surface area contributed by atoms with Crippen molar-refractivity contribution >= 4 is 11.8 Å². The van der Waals surface area contributed by atoms with E-state index in [0.717, 1.165) is 24.3 Å². The van der Waals surface area contributed by atoms with Crippen LogP contribution < -0.4 is 5.73 Å². The number of thioether (sulfide) groups is 1. The molecule has 1 rings (SSSR count). The summed E-state index contributed by atoms with van der Waals surface area (Å²) in [5, 5.41) is 10.2. The molecule has 0 amide bonds. The second kappa shape index (κ2) is 7.79. The molecule has 0 saturated carbocycles. The van der Waals surface area contributed by atoms with Crippen LogP contribution >= 0.6 is 11.8 Å². The van der Waals surface area contributed by atoms with E-state index >= 15 is 0 Å². The second-order valence-corrected chi connectivity index (χ2v) is 6.04. The number of nitrogens with zero attached hydrogens (tertiary/aromatic N) is 1. The lowest BCUT2D eigenvalue weighted by Crippen LogP contribution is -2.32. The minimum absolute atomic E-state index is 0.211. The Bertz CT molecular complexity index is 340.